The number of nitrogens with one attached hydrogen (secondary N) is 1. The van der Waals surface area contributed by atoms with Gasteiger partial charge >= 0.3 is 0 Å². The predicted molar refractivity (Wildman–Crippen MR) is 77.0 cm³/mol. The number of pyridine rings is 1. The molecule has 0 radical (unpaired) electrons. The second kappa shape index (κ2) is 4.61. The first-order valence-corrected chi connectivity index (χ1v) is 6.29. The van der Waals surface area contributed by atoms with Crippen molar-refractivity contribution < 1.29 is 5.11 Å². The Kier molecular flexibility index (Phi) is 2.91. The third kappa shape index (κ3) is 1.92. The number of halogens is 1. The SMILES string of the molecule is Cc1c(O)nc(-c2ccc(Cl)c3cccnc23)[nH]c1=O. The Bertz CT molecular complexity index is 874. The highest BCUT2D eigenvalue weighted by atomic mass is 35.5. The van der Waals surface area contributed by atoms with E-state index in [1.165, 1.54) is 6.92 Å². The van der Waals surface area contributed by atoms with Crippen molar-refractivity contribution in [1.29, 1.82) is 0 Å². The van der Waals surface area contributed by atoms with Crippen LogP contribution in [0.3, 0.4) is 0 Å². The third-order valence-electron chi connectivity index (χ3n) is 3.10. The lowest BCUT2D eigenvalue weighted by Crippen LogP contribution is -2.12. The standard InChI is InChI=1S/C14H10ClN3O2/c1-7-13(19)17-12(18-14(7)20)9-4-5-10(15)8-3-2-6-16-11(8)9/h2-6H,1H3,(H2,17,18,19,20). The summed E-state index contributed by atoms with van der Waals surface area (Å²) in [5, 5.41) is 11.0. The minimum atomic E-state index is -0.383. The van der Waals surface area contributed by atoms with E-state index in [1.54, 1.807) is 24.4 Å². The number of aromatic hydroxyl groups is 1. The van der Waals surface area contributed by atoms with Crippen molar-refractivity contribution in [2.75, 3.05) is 0 Å². The van der Waals surface area contributed by atoms with Crippen molar-refractivity contribution in [2.45, 2.75) is 6.92 Å². The molecule has 20 heavy (non-hydrogen) atoms. The maximum Gasteiger partial charge on any atom is 0.257 e. The Morgan fingerprint density at radius 1 is 1.30 bits per heavy atom. The summed E-state index contributed by atoms with van der Waals surface area (Å²) < 4.78 is 0. The summed E-state index contributed by atoms with van der Waals surface area (Å²) in [5.74, 6) is -0.0266. The molecule has 3 rings (SSSR count). The van der Waals surface area contributed by atoms with E-state index in [9.17, 15) is 9.90 Å². The number of hydrogen-bond donors (Lipinski definition) is 2. The number of fused-ring (bicyclic) bond motifs is 1. The summed E-state index contributed by atoms with van der Waals surface area (Å²) in [5.41, 5.74) is 1.02. The van der Waals surface area contributed by atoms with Gasteiger partial charge in [0.2, 0.25) is 5.88 Å². The third-order valence-corrected chi connectivity index (χ3v) is 3.43. The molecule has 2 N–H and O–H groups in total. The number of rotatable bonds is 1. The molecule has 0 atom stereocenters. The summed E-state index contributed by atoms with van der Waals surface area (Å²) in [6.45, 7) is 1.50. The first kappa shape index (κ1) is 12.6. The fourth-order valence-electron chi connectivity index (χ4n) is 1.98. The zero-order valence-corrected chi connectivity index (χ0v) is 11.3. The Labute approximate surface area is 118 Å². The molecule has 0 fully saturated rings. The lowest BCUT2D eigenvalue weighted by molar-refractivity contribution is 0.447. The summed E-state index contributed by atoms with van der Waals surface area (Å²) in [4.78, 5) is 22.6. The molecule has 0 saturated carbocycles. The van der Waals surface area contributed by atoms with Crippen LogP contribution < -0.4 is 5.56 Å². The number of hydrogen-bond acceptors (Lipinski definition) is 4. The zero-order valence-electron chi connectivity index (χ0n) is 10.5. The number of benzene rings is 1. The molecule has 2 heterocycles. The summed E-state index contributed by atoms with van der Waals surface area (Å²) in [6.07, 6.45) is 1.63. The lowest BCUT2D eigenvalue weighted by atomic mass is 10.1. The van der Waals surface area contributed by atoms with Gasteiger partial charge in [-0.1, -0.05) is 11.6 Å². The van der Waals surface area contributed by atoms with Crippen LogP contribution in [0.25, 0.3) is 22.3 Å². The van der Waals surface area contributed by atoms with Crippen LogP contribution in [0.5, 0.6) is 5.88 Å². The molecular formula is C14H10ClN3O2. The quantitative estimate of drug-likeness (QED) is 0.721. The minimum absolute atomic E-state index is 0.181. The van der Waals surface area contributed by atoms with Gasteiger partial charge in [0.1, 0.15) is 5.82 Å². The van der Waals surface area contributed by atoms with Crippen LogP contribution >= 0.6 is 11.6 Å². The molecule has 6 heteroatoms. The van der Waals surface area contributed by atoms with E-state index in [2.05, 4.69) is 15.0 Å². The van der Waals surface area contributed by atoms with Crippen molar-refractivity contribution >= 4 is 22.5 Å². The van der Waals surface area contributed by atoms with E-state index in [0.29, 0.717) is 16.1 Å². The molecule has 0 unspecified atom stereocenters. The van der Waals surface area contributed by atoms with Crippen LogP contribution in [0.1, 0.15) is 5.56 Å². The van der Waals surface area contributed by atoms with Crippen LogP contribution in [0.15, 0.2) is 35.3 Å². The average Bonchev–Trinajstić information content (AvgIpc) is 2.45. The Hall–Kier alpha value is -2.40. The van der Waals surface area contributed by atoms with Gasteiger partial charge in [-0.2, -0.15) is 4.98 Å². The van der Waals surface area contributed by atoms with Crippen LogP contribution in [-0.4, -0.2) is 20.1 Å². The molecule has 5 nitrogen and oxygen atoms in total. The second-order valence-electron chi connectivity index (χ2n) is 4.36. The van der Waals surface area contributed by atoms with Crippen molar-refractivity contribution in [3.05, 3.63) is 51.4 Å². The molecule has 0 saturated heterocycles. The van der Waals surface area contributed by atoms with E-state index in [4.69, 9.17) is 11.6 Å². The van der Waals surface area contributed by atoms with Gasteiger partial charge in [-0.05, 0) is 31.2 Å². The Morgan fingerprint density at radius 3 is 2.85 bits per heavy atom. The van der Waals surface area contributed by atoms with Gasteiger partial charge in [0, 0.05) is 17.1 Å². The maximum atomic E-state index is 11.7. The molecule has 0 aliphatic heterocycles. The summed E-state index contributed by atoms with van der Waals surface area (Å²) in [7, 11) is 0. The molecule has 0 aliphatic carbocycles. The normalized spacial score (nSPS) is 10.9. The minimum Gasteiger partial charge on any atom is -0.493 e. The van der Waals surface area contributed by atoms with Crippen molar-refractivity contribution in [3.63, 3.8) is 0 Å². The fourth-order valence-corrected chi connectivity index (χ4v) is 2.19. The molecule has 1 aromatic carbocycles. The monoisotopic (exact) mass is 287 g/mol. The highest BCUT2D eigenvalue weighted by Gasteiger charge is 2.12. The van der Waals surface area contributed by atoms with Gasteiger partial charge in [-0.15, -0.1) is 0 Å². The molecule has 0 bridgehead atoms. The lowest BCUT2D eigenvalue weighted by Gasteiger charge is -2.07. The highest BCUT2D eigenvalue weighted by molar-refractivity contribution is 6.35. The number of H-pyrrole nitrogens is 1. The van der Waals surface area contributed by atoms with E-state index in [-0.39, 0.29) is 22.8 Å². The number of nitrogens with zero attached hydrogens (tertiary/aromatic N) is 2. The summed E-state index contributed by atoms with van der Waals surface area (Å²) in [6, 6.07) is 7.03. The van der Waals surface area contributed by atoms with Gasteiger partial charge in [0.15, 0.2) is 0 Å². The van der Waals surface area contributed by atoms with Crippen LogP contribution in [0.4, 0.5) is 0 Å². The summed E-state index contributed by atoms with van der Waals surface area (Å²) >= 11 is 6.12. The first-order chi connectivity index (χ1) is 9.58. The molecule has 0 spiro atoms. The Balaban J connectivity index is 2.36. The predicted octanol–water partition coefficient (Wildman–Crippen LogP) is 2.65. The van der Waals surface area contributed by atoms with E-state index in [1.807, 2.05) is 6.07 Å². The zero-order chi connectivity index (χ0) is 14.3. The van der Waals surface area contributed by atoms with E-state index >= 15 is 0 Å². The van der Waals surface area contributed by atoms with Gasteiger partial charge < -0.3 is 10.1 Å². The van der Waals surface area contributed by atoms with E-state index in [0.717, 1.165) is 5.39 Å². The molecule has 100 valence electrons. The van der Waals surface area contributed by atoms with Crippen molar-refractivity contribution in [3.8, 4) is 17.3 Å². The van der Waals surface area contributed by atoms with Gasteiger partial charge in [0.05, 0.1) is 16.1 Å². The largest absolute Gasteiger partial charge is 0.493 e. The highest BCUT2D eigenvalue weighted by Crippen LogP contribution is 2.30. The molecule has 0 aliphatic rings. The maximum absolute atomic E-state index is 11.7. The van der Waals surface area contributed by atoms with Crippen LogP contribution in [0, 0.1) is 6.92 Å². The van der Waals surface area contributed by atoms with Crippen molar-refractivity contribution in [2.24, 2.45) is 0 Å². The topological polar surface area (TPSA) is 78.9 Å². The van der Waals surface area contributed by atoms with Crippen molar-refractivity contribution in [1.82, 2.24) is 15.0 Å². The average molecular weight is 288 g/mol. The second-order valence-corrected chi connectivity index (χ2v) is 4.76. The van der Waals surface area contributed by atoms with Gasteiger partial charge in [0.25, 0.3) is 5.56 Å². The molecule has 2 aromatic heterocycles. The van der Waals surface area contributed by atoms with Crippen LogP contribution in [0.2, 0.25) is 5.02 Å². The number of aromatic amines is 1. The van der Waals surface area contributed by atoms with Gasteiger partial charge in [-0.3, -0.25) is 9.78 Å². The Morgan fingerprint density at radius 2 is 2.10 bits per heavy atom. The van der Waals surface area contributed by atoms with Gasteiger partial charge in [-0.25, -0.2) is 0 Å². The smallest absolute Gasteiger partial charge is 0.257 e. The van der Waals surface area contributed by atoms with E-state index < -0.39 is 0 Å². The van der Waals surface area contributed by atoms with Crippen LogP contribution in [-0.2, 0) is 0 Å². The fraction of sp³-hybridized carbons (Fsp3) is 0.0714. The number of aromatic nitrogens is 3. The molecular weight excluding hydrogens is 278 g/mol. The first-order valence-electron chi connectivity index (χ1n) is 5.91. The molecule has 0 amide bonds. The molecule has 3 aromatic rings.